The molecule has 1 aromatic heterocycles. The van der Waals surface area contributed by atoms with Gasteiger partial charge in [0.1, 0.15) is 0 Å². The Balaban J connectivity index is 2.01. The van der Waals surface area contributed by atoms with Crippen molar-refractivity contribution in [3.8, 4) is 0 Å². The van der Waals surface area contributed by atoms with Crippen molar-refractivity contribution in [2.45, 2.75) is 13.3 Å². The summed E-state index contributed by atoms with van der Waals surface area (Å²) in [5.41, 5.74) is 0.720. The van der Waals surface area contributed by atoms with Gasteiger partial charge in [0.15, 0.2) is 0 Å². The summed E-state index contributed by atoms with van der Waals surface area (Å²) in [6.45, 7) is 2.89. The van der Waals surface area contributed by atoms with Crippen molar-refractivity contribution in [2.75, 3.05) is 17.2 Å². The number of nitrogens with zero attached hydrogens (tertiary/aromatic N) is 2. The van der Waals surface area contributed by atoms with Gasteiger partial charge in [-0.3, -0.25) is 4.79 Å². The number of halogens is 1. The van der Waals surface area contributed by atoms with E-state index in [0.717, 1.165) is 23.1 Å². The molecule has 7 heteroatoms. The first kappa shape index (κ1) is 14.0. The summed E-state index contributed by atoms with van der Waals surface area (Å²) in [7, 11) is 0. The predicted molar refractivity (Wildman–Crippen MR) is 80.8 cm³/mol. The summed E-state index contributed by atoms with van der Waals surface area (Å²) in [6, 6.07) is 7.40. The van der Waals surface area contributed by atoms with Crippen molar-refractivity contribution in [1.29, 1.82) is 0 Å². The van der Waals surface area contributed by atoms with Crippen LogP contribution in [0.3, 0.4) is 0 Å². The topological polar surface area (TPSA) is 66.9 Å². The minimum absolute atomic E-state index is 0.250. The normalized spacial score (nSPS) is 10.2. The molecule has 19 heavy (non-hydrogen) atoms. The standard InChI is InChI=1S/C12H13BrN4OS/c1-2-6-14-12-17-16-11(19-12)10(18)15-9-5-3-4-8(13)7-9/h3-5,7H,2,6H2,1H3,(H,14,17)(H,15,18). The van der Waals surface area contributed by atoms with Crippen LogP contribution in [-0.2, 0) is 0 Å². The van der Waals surface area contributed by atoms with E-state index in [9.17, 15) is 4.79 Å². The van der Waals surface area contributed by atoms with Crippen LogP contribution in [0, 0.1) is 0 Å². The smallest absolute Gasteiger partial charge is 0.286 e. The molecular formula is C12H13BrN4OS. The van der Waals surface area contributed by atoms with E-state index in [4.69, 9.17) is 0 Å². The fourth-order valence-electron chi connectivity index (χ4n) is 1.37. The van der Waals surface area contributed by atoms with E-state index in [1.54, 1.807) is 0 Å². The van der Waals surface area contributed by atoms with Crippen LogP contribution in [0.1, 0.15) is 23.1 Å². The Morgan fingerprint density at radius 2 is 2.26 bits per heavy atom. The average molecular weight is 341 g/mol. The molecular weight excluding hydrogens is 328 g/mol. The number of rotatable bonds is 5. The lowest BCUT2D eigenvalue weighted by atomic mass is 10.3. The maximum absolute atomic E-state index is 12.0. The fraction of sp³-hybridized carbons (Fsp3) is 0.250. The number of nitrogens with one attached hydrogen (secondary N) is 2. The van der Waals surface area contributed by atoms with Gasteiger partial charge in [-0.15, -0.1) is 10.2 Å². The third-order valence-electron chi connectivity index (χ3n) is 2.23. The molecule has 5 nitrogen and oxygen atoms in total. The quantitative estimate of drug-likeness (QED) is 0.875. The molecule has 0 aliphatic heterocycles. The van der Waals surface area contributed by atoms with E-state index in [-0.39, 0.29) is 5.91 Å². The molecule has 0 spiro atoms. The van der Waals surface area contributed by atoms with Gasteiger partial charge < -0.3 is 10.6 Å². The predicted octanol–water partition coefficient (Wildman–Crippen LogP) is 3.37. The van der Waals surface area contributed by atoms with Gasteiger partial charge in [-0.05, 0) is 24.6 Å². The van der Waals surface area contributed by atoms with Gasteiger partial charge in [-0.1, -0.05) is 40.3 Å². The van der Waals surface area contributed by atoms with Gasteiger partial charge in [0, 0.05) is 16.7 Å². The number of hydrogen-bond donors (Lipinski definition) is 2. The monoisotopic (exact) mass is 340 g/mol. The molecule has 0 aliphatic carbocycles. The van der Waals surface area contributed by atoms with E-state index in [0.29, 0.717) is 10.1 Å². The summed E-state index contributed by atoms with van der Waals surface area (Å²) >= 11 is 4.60. The highest BCUT2D eigenvalue weighted by atomic mass is 79.9. The summed E-state index contributed by atoms with van der Waals surface area (Å²) in [6.07, 6.45) is 0.999. The molecule has 0 atom stereocenters. The third kappa shape index (κ3) is 4.00. The van der Waals surface area contributed by atoms with Crippen LogP contribution < -0.4 is 10.6 Å². The highest BCUT2D eigenvalue weighted by molar-refractivity contribution is 9.10. The van der Waals surface area contributed by atoms with Crippen LogP contribution in [0.5, 0.6) is 0 Å². The molecule has 0 radical (unpaired) electrons. The van der Waals surface area contributed by atoms with Crippen molar-refractivity contribution < 1.29 is 4.79 Å². The number of carbonyl (C=O) groups excluding carboxylic acids is 1. The Hall–Kier alpha value is -1.47. The molecule has 0 fully saturated rings. The molecule has 1 aromatic carbocycles. The fourth-order valence-corrected chi connectivity index (χ4v) is 2.43. The van der Waals surface area contributed by atoms with Gasteiger partial charge in [0.25, 0.3) is 5.91 Å². The Kier molecular flexibility index (Phi) is 4.86. The second-order valence-electron chi connectivity index (χ2n) is 3.80. The minimum atomic E-state index is -0.250. The molecule has 2 rings (SSSR count). The Morgan fingerprint density at radius 1 is 1.42 bits per heavy atom. The van der Waals surface area contributed by atoms with E-state index < -0.39 is 0 Å². The molecule has 0 saturated heterocycles. The molecule has 100 valence electrons. The number of carbonyl (C=O) groups is 1. The first-order valence-electron chi connectivity index (χ1n) is 5.83. The first-order valence-corrected chi connectivity index (χ1v) is 7.44. The van der Waals surface area contributed by atoms with Crippen molar-refractivity contribution >= 4 is 44.0 Å². The summed E-state index contributed by atoms with van der Waals surface area (Å²) < 4.78 is 0.910. The SMILES string of the molecule is CCCNc1nnc(C(=O)Nc2cccc(Br)c2)s1. The van der Waals surface area contributed by atoms with Gasteiger partial charge in [-0.25, -0.2) is 0 Å². The van der Waals surface area contributed by atoms with Gasteiger partial charge in [0.05, 0.1) is 0 Å². The second-order valence-corrected chi connectivity index (χ2v) is 5.70. The zero-order valence-corrected chi connectivity index (χ0v) is 12.7. The number of aromatic nitrogens is 2. The maximum Gasteiger partial charge on any atom is 0.286 e. The molecule has 1 amide bonds. The molecule has 0 aliphatic rings. The van der Waals surface area contributed by atoms with Gasteiger partial charge in [0.2, 0.25) is 10.1 Å². The maximum atomic E-state index is 12.0. The highest BCUT2D eigenvalue weighted by Gasteiger charge is 2.12. The largest absolute Gasteiger partial charge is 0.360 e. The number of hydrogen-bond acceptors (Lipinski definition) is 5. The Labute approximate surface area is 123 Å². The van der Waals surface area contributed by atoms with Crippen molar-refractivity contribution in [2.24, 2.45) is 0 Å². The van der Waals surface area contributed by atoms with Crippen LogP contribution in [0.25, 0.3) is 0 Å². The lowest BCUT2D eigenvalue weighted by Gasteiger charge is -2.02. The highest BCUT2D eigenvalue weighted by Crippen LogP contribution is 2.19. The molecule has 0 saturated carbocycles. The number of anilines is 2. The van der Waals surface area contributed by atoms with Crippen molar-refractivity contribution in [3.05, 3.63) is 33.7 Å². The number of amides is 1. The second kappa shape index (κ2) is 6.63. The van der Waals surface area contributed by atoms with E-state index in [1.165, 1.54) is 11.3 Å². The van der Waals surface area contributed by atoms with Gasteiger partial charge >= 0.3 is 0 Å². The van der Waals surface area contributed by atoms with E-state index in [2.05, 4.69) is 43.7 Å². The van der Waals surface area contributed by atoms with Crippen molar-refractivity contribution in [3.63, 3.8) is 0 Å². The van der Waals surface area contributed by atoms with Crippen molar-refractivity contribution in [1.82, 2.24) is 10.2 Å². The zero-order chi connectivity index (χ0) is 13.7. The van der Waals surface area contributed by atoms with Gasteiger partial charge in [-0.2, -0.15) is 0 Å². The van der Waals surface area contributed by atoms with Crippen LogP contribution in [0.2, 0.25) is 0 Å². The molecule has 0 unspecified atom stereocenters. The number of benzene rings is 1. The lowest BCUT2D eigenvalue weighted by molar-refractivity contribution is 0.102. The van der Waals surface area contributed by atoms with Crippen LogP contribution >= 0.6 is 27.3 Å². The summed E-state index contributed by atoms with van der Waals surface area (Å²) in [5, 5.41) is 14.7. The minimum Gasteiger partial charge on any atom is -0.360 e. The zero-order valence-electron chi connectivity index (χ0n) is 10.3. The lowest BCUT2D eigenvalue weighted by Crippen LogP contribution is -2.11. The first-order chi connectivity index (χ1) is 9.19. The summed E-state index contributed by atoms with van der Waals surface area (Å²) in [5.74, 6) is -0.250. The third-order valence-corrected chi connectivity index (χ3v) is 3.60. The summed E-state index contributed by atoms with van der Waals surface area (Å²) in [4.78, 5) is 12.0. The Morgan fingerprint density at radius 3 is 3.00 bits per heavy atom. The molecule has 2 N–H and O–H groups in total. The van der Waals surface area contributed by atoms with E-state index >= 15 is 0 Å². The van der Waals surface area contributed by atoms with Crippen LogP contribution in [-0.4, -0.2) is 22.6 Å². The van der Waals surface area contributed by atoms with E-state index in [1.807, 2.05) is 24.3 Å². The van der Waals surface area contributed by atoms with Crippen LogP contribution in [0.4, 0.5) is 10.8 Å². The van der Waals surface area contributed by atoms with Crippen LogP contribution in [0.15, 0.2) is 28.7 Å². The molecule has 0 bridgehead atoms. The molecule has 1 heterocycles. The molecule has 2 aromatic rings. The average Bonchev–Trinajstić information content (AvgIpc) is 2.85. The Bertz CT molecular complexity index is 572.